The number of ether oxygens (including phenoxy) is 3. The van der Waals surface area contributed by atoms with Crippen molar-refractivity contribution in [2.75, 3.05) is 20.3 Å². The van der Waals surface area contributed by atoms with Crippen molar-refractivity contribution in [2.45, 2.75) is 59.3 Å². The Balaban J connectivity index is 2.03. The normalized spacial score (nSPS) is 17.5. The molecule has 1 unspecified atom stereocenters. The number of aliphatic hydroxyl groups excluding tert-OH is 1. The molecule has 0 spiro atoms. The molecule has 35 heavy (non-hydrogen) atoms. The third-order valence-corrected chi connectivity index (χ3v) is 5.78. The van der Waals surface area contributed by atoms with Crippen LogP contribution >= 0.6 is 0 Å². The minimum Gasteiger partial charge on any atom is -0.507 e. The van der Waals surface area contributed by atoms with E-state index in [1.54, 1.807) is 37.4 Å². The average molecular weight is 482 g/mol. The summed E-state index contributed by atoms with van der Waals surface area (Å²) in [5.74, 6) is -0.174. The molecule has 1 aliphatic heterocycles. The zero-order valence-electron chi connectivity index (χ0n) is 21.3. The molecule has 0 aliphatic carbocycles. The molecule has 1 aliphatic rings. The van der Waals surface area contributed by atoms with Gasteiger partial charge in [-0.05, 0) is 82.5 Å². The number of methoxy groups -OCH3 is 1. The van der Waals surface area contributed by atoms with Gasteiger partial charge in [0.2, 0.25) is 0 Å². The van der Waals surface area contributed by atoms with Crippen LogP contribution in [0.2, 0.25) is 0 Å². The maximum absolute atomic E-state index is 13.2. The molecule has 0 saturated carbocycles. The fourth-order valence-corrected chi connectivity index (χ4v) is 4.14. The van der Waals surface area contributed by atoms with Crippen LogP contribution in [0.4, 0.5) is 0 Å². The lowest BCUT2D eigenvalue weighted by atomic mass is 9.94. The first-order chi connectivity index (χ1) is 16.6. The number of amides is 1. The first-order valence-electron chi connectivity index (χ1n) is 12.0. The molecule has 1 atom stereocenters. The third-order valence-electron chi connectivity index (χ3n) is 5.78. The highest BCUT2D eigenvalue weighted by molar-refractivity contribution is 6.46. The standard InChI is InChI=1S/C28H35NO6/c1-17(2)34-15-7-14-29-25(20-8-11-22(33-6)12-9-20)24(27(31)28(29)32)26(30)21-10-13-23(19(5)16-21)35-18(3)4/h8-13,16-18,25,30H,7,14-15H2,1-6H3/b26-24-. The lowest BCUT2D eigenvalue weighted by Crippen LogP contribution is -2.31. The largest absolute Gasteiger partial charge is 0.507 e. The first-order valence-corrected chi connectivity index (χ1v) is 12.0. The van der Waals surface area contributed by atoms with E-state index in [-0.39, 0.29) is 23.5 Å². The molecule has 1 saturated heterocycles. The van der Waals surface area contributed by atoms with E-state index in [0.717, 1.165) is 5.56 Å². The monoisotopic (exact) mass is 481 g/mol. The van der Waals surface area contributed by atoms with Crippen LogP contribution < -0.4 is 9.47 Å². The number of benzene rings is 2. The highest BCUT2D eigenvalue weighted by Crippen LogP contribution is 2.40. The topological polar surface area (TPSA) is 85.3 Å². The van der Waals surface area contributed by atoms with E-state index >= 15 is 0 Å². The summed E-state index contributed by atoms with van der Waals surface area (Å²) >= 11 is 0. The highest BCUT2D eigenvalue weighted by atomic mass is 16.5. The molecule has 7 heteroatoms. The summed E-state index contributed by atoms with van der Waals surface area (Å²) in [6, 6.07) is 11.7. The molecule has 0 aromatic heterocycles. The number of likely N-dealkylation sites (tertiary alicyclic amines) is 1. The van der Waals surface area contributed by atoms with Gasteiger partial charge in [-0.1, -0.05) is 12.1 Å². The van der Waals surface area contributed by atoms with Crippen LogP contribution in [-0.2, 0) is 14.3 Å². The Bertz CT molecular complexity index is 1090. The van der Waals surface area contributed by atoms with Gasteiger partial charge in [-0.15, -0.1) is 0 Å². The number of aliphatic hydroxyl groups is 1. The number of nitrogens with zero attached hydrogens (tertiary/aromatic N) is 1. The predicted octanol–water partition coefficient (Wildman–Crippen LogP) is 5.03. The van der Waals surface area contributed by atoms with E-state index in [0.29, 0.717) is 42.2 Å². The van der Waals surface area contributed by atoms with Crippen LogP contribution in [0.3, 0.4) is 0 Å². The second kappa shape index (κ2) is 11.4. The number of rotatable bonds is 10. The molecule has 1 N–H and O–H groups in total. The van der Waals surface area contributed by atoms with Gasteiger partial charge in [-0.2, -0.15) is 0 Å². The quantitative estimate of drug-likeness (QED) is 0.222. The lowest BCUT2D eigenvalue weighted by molar-refractivity contribution is -0.140. The van der Waals surface area contributed by atoms with Crippen molar-refractivity contribution in [1.29, 1.82) is 0 Å². The first kappa shape index (κ1) is 26.3. The van der Waals surface area contributed by atoms with Crippen LogP contribution in [0.5, 0.6) is 11.5 Å². The van der Waals surface area contributed by atoms with Gasteiger partial charge in [-0.3, -0.25) is 9.59 Å². The molecular formula is C28H35NO6. The van der Waals surface area contributed by atoms with Crippen LogP contribution in [-0.4, -0.2) is 54.2 Å². The molecule has 7 nitrogen and oxygen atoms in total. The van der Waals surface area contributed by atoms with Crippen molar-refractivity contribution in [3.8, 4) is 11.5 Å². The fraction of sp³-hybridized carbons (Fsp3) is 0.429. The molecule has 188 valence electrons. The Morgan fingerprint density at radius 3 is 2.29 bits per heavy atom. The van der Waals surface area contributed by atoms with Gasteiger partial charge in [0, 0.05) is 18.7 Å². The molecule has 2 aromatic rings. The van der Waals surface area contributed by atoms with E-state index in [1.165, 1.54) is 4.90 Å². The van der Waals surface area contributed by atoms with Gasteiger partial charge in [-0.25, -0.2) is 0 Å². The average Bonchev–Trinajstić information content (AvgIpc) is 3.07. The number of carbonyl (C=O) groups is 2. The van der Waals surface area contributed by atoms with Gasteiger partial charge in [0.05, 0.1) is 30.9 Å². The summed E-state index contributed by atoms with van der Waals surface area (Å²) in [5.41, 5.74) is 2.07. The summed E-state index contributed by atoms with van der Waals surface area (Å²) in [5, 5.41) is 11.3. The van der Waals surface area contributed by atoms with Gasteiger partial charge >= 0.3 is 0 Å². The van der Waals surface area contributed by atoms with Crippen molar-refractivity contribution >= 4 is 17.4 Å². The van der Waals surface area contributed by atoms with E-state index in [2.05, 4.69) is 0 Å². The number of carbonyl (C=O) groups excluding carboxylic acids is 2. The number of Topliss-reactive ketones (excluding diaryl/α,β-unsaturated/α-hetero) is 1. The Hall–Kier alpha value is -3.32. The summed E-state index contributed by atoms with van der Waals surface area (Å²) in [6.45, 7) is 10.4. The summed E-state index contributed by atoms with van der Waals surface area (Å²) in [6.07, 6.45) is 0.653. The summed E-state index contributed by atoms with van der Waals surface area (Å²) < 4.78 is 16.7. The van der Waals surface area contributed by atoms with Crippen LogP contribution in [0.15, 0.2) is 48.0 Å². The SMILES string of the molecule is COc1ccc(C2/C(=C(/O)c3ccc(OC(C)C)c(C)c3)C(=O)C(=O)N2CCCOC(C)C)cc1. The number of hydrogen-bond donors (Lipinski definition) is 1. The Labute approximate surface area is 207 Å². The zero-order chi connectivity index (χ0) is 25.7. The van der Waals surface area contributed by atoms with Gasteiger partial charge in [0.15, 0.2) is 0 Å². The molecular weight excluding hydrogens is 446 g/mol. The summed E-state index contributed by atoms with van der Waals surface area (Å²) in [7, 11) is 1.57. The summed E-state index contributed by atoms with van der Waals surface area (Å²) in [4.78, 5) is 27.8. The second-order valence-electron chi connectivity index (χ2n) is 9.19. The predicted molar refractivity (Wildman–Crippen MR) is 135 cm³/mol. The lowest BCUT2D eigenvalue weighted by Gasteiger charge is -2.25. The van der Waals surface area contributed by atoms with Gasteiger partial charge in [0.1, 0.15) is 17.3 Å². The second-order valence-corrected chi connectivity index (χ2v) is 9.19. The highest BCUT2D eigenvalue weighted by Gasteiger charge is 2.45. The van der Waals surface area contributed by atoms with E-state index in [9.17, 15) is 14.7 Å². The Morgan fingerprint density at radius 2 is 1.71 bits per heavy atom. The number of hydrogen-bond acceptors (Lipinski definition) is 6. The Morgan fingerprint density at radius 1 is 1.03 bits per heavy atom. The van der Waals surface area contributed by atoms with E-state index in [4.69, 9.17) is 14.2 Å². The van der Waals surface area contributed by atoms with Gasteiger partial charge in [0.25, 0.3) is 11.7 Å². The van der Waals surface area contributed by atoms with Crippen LogP contribution in [0.25, 0.3) is 5.76 Å². The molecule has 0 bridgehead atoms. The molecule has 3 rings (SSSR count). The third kappa shape index (κ3) is 6.03. The molecule has 1 fully saturated rings. The minimum absolute atomic E-state index is 0.00761. The van der Waals surface area contributed by atoms with E-state index < -0.39 is 17.7 Å². The maximum atomic E-state index is 13.2. The van der Waals surface area contributed by atoms with Crippen molar-refractivity contribution in [3.05, 3.63) is 64.7 Å². The van der Waals surface area contributed by atoms with Crippen molar-refractivity contribution < 1.29 is 28.9 Å². The molecule has 0 radical (unpaired) electrons. The molecule has 2 aromatic carbocycles. The van der Waals surface area contributed by atoms with E-state index in [1.807, 2.05) is 46.8 Å². The van der Waals surface area contributed by atoms with Crippen LogP contribution in [0.1, 0.15) is 56.8 Å². The zero-order valence-corrected chi connectivity index (χ0v) is 21.3. The maximum Gasteiger partial charge on any atom is 0.295 e. The number of aryl methyl sites for hydroxylation is 1. The minimum atomic E-state index is -0.716. The Kier molecular flexibility index (Phi) is 8.57. The van der Waals surface area contributed by atoms with Crippen molar-refractivity contribution in [2.24, 2.45) is 0 Å². The van der Waals surface area contributed by atoms with Crippen molar-refractivity contribution in [1.82, 2.24) is 4.90 Å². The van der Waals surface area contributed by atoms with Gasteiger partial charge < -0.3 is 24.2 Å². The molecule has 1 heterocycles. The fourth-order valence-electron chi connectivity index (χ4n) is 4.14. The van der Waals surface area contributed by atoms with Crippen molar-refractivity contribution in [3.63, 3.8) is 0 Å². The number of ketones is 1. The molecule has 1 amide bonds. The van der Waals surface area contributed by atoms with Crippen LogP contribution in [0, 0.1) is 6.92 Å². The smallest absolute Gasteiger partial charge is 0.295 e.